The van der Waals surface area contributed by atoms with Crippen LogP contribution in [-0.2, 0) is 16.6 Å². The number of hydrogen-bond acceptors (Lipinski definition) is 4. The molecule has 0 saturated heterocycles. The fourth-order valence-electron chi connectivity index (χ4n) is 2.80. The van der Waals surface area contributed by atoms with Crippen molar-refractivity contribution in [2.75, 3.05) is 24.2 Å². The van der Waals surface area contributed by atoms with Gasteiger partial charge in [0.1, 0.15) is 0 Å². The Bertz CT molecular complexity index is 1060. The Morgan fingerprint density at radius 2 is 1.74 bits per heavy atom. The summed E-state index contributed by atoms with van der Waals surface area (Å²) in [6.45, 7) is 2.16. The van der Waals surface area contributed by atoms with Gasteiger partial charge in [0.15, 0.2) is 0 Å². The number of benzene rings is 2. The predicted molar refractivity (Wildman–Crippen MR) is 112 cm³/mol. The molecule has 7 heteroatoms. The molecule has 5 nitrogen and oxygen atoms in total. The standard InChI is InChI=1S/C20H22N2O3S2/c1-4-27(24,25)22(3)17-10-11-18-16(12-17)13-19(26-18)20(23)21(2)14-15-8-6-5-7-9-15/h5-13H,4,14H2,1-3H3. The second-order valence-corrected chi connectivity index (χ2v) is 9.72. The first kappa shape index (κ1) is 19.4. The quantitative estimate of drug-likeness (QED) is 0.627. The summed E-state index contributed by atoms with van der Waals surface area (Å²) in [5.41, 5.74) is 1.67. The molecule has 1 aromatic heterocycles. The minimum absolute atomic E-state index is 0.0409. The first-order valence-electron chi connectivity index (χ1n) is 8.61. The summed E-state index contributed by atoms with van der Waals surface area (Å²) in [7, 11) is 0.0163. The van der Waals surface area contributed by atoms with E-state index >= 15 is 0 Å². The van der Waals surface area contributed by atoms with Crippen molar-refractivity contribution in [2.24, 2.45) is 0 Å². The lowest BCUT2D eigenvalue weighted by atomic mass is 10.2. The van der Waals surface area contributed by atoms with Gasteiger partial charge >= 0.3 is 0 Å². The lowest BCUT2D eigenvalue weighted by molar-refractivity contribution is 0.0790. The number of rotatable bonds is 6. The molecule has 0 radical (unpaired) electrons. The van der Waals surface area contributed by atoms with Crippen LogP contribution in [0.2, 0.25) is 0 Å². The van der Waals surface area contributed by atoms with Crippen molar-refractivity contribution in [2.45, 2.75) is 13.5 Å². The molecule has 0 N–H and O–H groups in total. The molecule has 0 aliphatic carbocycles. The van der Waals surface area contributed by atoms with Gasteiger partial charge in [-0.1, -0.05) is 30.3 Å². The Morgan fingerprint density at radius 3 is 2.41 bits per heavy atom. The molecule has 0 aliphatic heterocycles. The van der Waals surface area contributed by atoms with E-state index in [2.05, 4.69) is 0 Å². The third-order valence-electron chi connectivity index (χ3n) is 4.47. The van der Waals surface area contributed by atoms with Crippen LogP contribution in [0, 0.1) is 0 Å². The van der Waals surface area contributed by atoms with Crippen LogP contribution in [0.25, 0.3) is 10.1 Å². The van der Waals surface area contributed by atoms with Gasteiger partial charge in [0.2, 0.25) is 10.0 Å². The summed E-state index contributed by atoms with van der Waals surface area (Å²) in [5, 5.41) is 0.868. The van der Waals surface area contributed by atoms with E-state index < -0.39 is 10.0 Å². The Kier molecular flexibility index (Phi) is 5.53. The molecule has 0 fully saturated rings. The highest BCUT2D eigenvalue weighted by molar-refractivity contribution is 7.92. The lowest BCUT2D eigenvalue weighted by Gasteiger charge is -2.18. The number of thiophene rings is 1. The van der Waals surface area contributed by atoms with E-state index in [1.807, 2.05) is 48.5 Å². The van der Waals surface area contributed by atoms with Gasteiger partial charge in [0, 0.05) is 25.3 Å². The second kappa shape index (κ2) is 7.70. The first-order valence-corrected chi connectivity index (χ1v) is 11.0. The summed E-state index contributed by atoms with van der Waals surface area (Å²) < 4.78 is 26.4. The Morgan fingerprint density at radius 1 is 1.04 bits per heavy atom. The van der Waals surface area contributed by atoms with Crippen LogP contribution in [0.15, 0.2) is 54.6 Å². The van der Waals surface area contributed by atoms with Crippen LogP contribution >= 0.6 is 11.3 Å². The van der Waals surface area contributed by atoms with Crippen LogP contribution in [0.5, 0.6) is 0 Å². The largest absolute Gasteiger partial charge is 0.337 e. The van der Waals surface area contributed by atoms with Crippen molar-refractivity contribution in [1.82, 2.24) is 4.90 Å². The average molecular weight is 403 g/mol. The molecule has 0 spiro atoms. The van der Waals surface area contributed by atoms with Crippen LogP contribution < -0.4 is 4.31 Å². The summed E-state index contributed by atoms with van der Waals surface area (Å²) in [6.07, 6.45) is 0. The normalized spacial score (nSPS) is 11.5. The zero-order chi connectivity index (χ0) is 19.6. The molecule has 0 atom stereocenters. The molecule has 3 aromatic rings. The van der Waals surface area contributed by atoms with Gasteiger partial charge in [-0.05, 0) is 42.1 Å². The molecule has 2 aromatic carbocycles. The molecule has 0 bridgehead atoms. The smallest absolute Gasteiger partial charge is 0.264 e. The highest BCUT2D eigenvalue weighted by atomic mass is 32.2. The van der Waals surface area contributed by atoms with E-state index in [4.69, 9.17) is 0 Å². The van der Waals surface area contributed by atoms with Gasteiger partial charge in [-0.15, -0.1) is 11.3 Å². The van der Waals surface area contributed by atoms with Gasteiger partial charge in [0.05, 0.1) is 16.3 Å². The molecule has 1 heterocycles. The highest BCUT2D eigenvalue weighted by Gasteiger charge is 2.18. The van der Waals surface area contributed by atoms with Crippen molar-refractivity contribution < 1.29 is 13.2 Å². The number of anilines is 1. The van der Waals surface area contributed by atoms with Crippen molar-refractivity contribution in [3.05, 3.63) is 65.0 Å². The first-order chi connectivity index (χ1) is 12.8. The third-order valence-corrected chi connectivity index (χ3v) is 7.34. The number of carbonyl (C=O) groups excluding carboxylic acids is 1. The number of nitrogens with zero attached hydrogens (tertiary/aromatic N) is 2. The lowest BCUT2D eigenvalue weighted by Crippen LogP contribution is -2.27. The number of hydrogen-bond donors (Lipinski definition) is 0. The van der Waals surface area contributed by atoms with Gasteiger partial charge in [-0.25, -0.2) is 8.42 Å². The molecule has 0 aliphatic rings. The maximum Gasteiger partial charge on any atom is 0.264 e. The predicted octanol–water partition coefficient (Wildman–Crippen LogP) is 3.96. The third kappa shape index (κ3) is 4.14. The molecular weight excluding hydrogens is 380 g/mol. The Hall–Kier alpha value is -2.38. The summed E-state index contributed by atoms with van der Waals surface area (Å²) in [4.78, 5) is 15.1. The van der Waals surface area contributed by atoms with Crippen molar-refractivity contribution in [1.29, 1.82) is 0 Å². The van der Waals surface area contributed by atoms with Gasteiger partial charge < -0.3 is 4.90 Å². The van der Waals surface area contributed by atoms with Crippen molar-refractivity contribution in [3.63, 3.8) is 0 Å². The number of carbonyl (C=O) groups is 1. The number of fused-ring (bicyclic) bond motifs is 1. The Balaban J connectivity index is 1.85. The van der Waals surface area contributed by atoms with Gasteiger partial charge in [0.25, 0.3) is 5.91 Å². The maximum absolute atomic E-state index is 12.8. The van der Waals surface area contributed by atoms with E-state index in [0.717, 1.165) is 15.6 Å². The van der Waals surface area contributed by atoms with E-state index in [1.54, 1.807) is 32.0 Å². The summed E-state index contributed by atoms with van der Waals surface area (Å²) in [5.74, 6) is -0.00438. The molecule has 142 valence electrons. The summed E-state index contributed by atoms with van der Waals surface area (Å²) in [6, 6.07) is 17.1. The Labute approximate surface area is 163 Å². The van der Waals surface area contributed by atoms with Crippen LogP contribution in [-0.4, -0.2) is 39.1 Å². The van der Waals surface area contributed by atoms with Gasteiger partial charge in [-0.3, -0.25) is 9.10 Å². The zero-order valence-corrected chi connectivity index (χ0v) is 17.2. The highest BCUT2D eigenvalue weighted by Crippen LogP contribution is 2.30. The van der Waals surface area contributed by atoms with E-state index in [0.29, 0.717) is 17.1 Å². The van der Waals surface area contributed by atoms with Crippen molar-refractivity contribution in [3.8, 4) is 0 Å². The van der Waals surface area contributed by atoms with E-state index in [1.165, 1.54) is 15.6 Å². The molecule has 3 rings (SSSR count). The number of sulfonamides is 1. The molecule has 0 unspecified atom stereocenters. The fraction of sp³-hybridized carbons (Fsp3) is 0.250. The topological polar surface area (TPSA) is 57.7 Å². The zero-order valence-electron chi connectivity index (χ0n) is 15.5. The van der Waals surface area contributed by atoms with Gasteiger partial charge in [-0.2, -0.15) is 0 Å². The van der Waals surface area contributed by atoms with E-state index in [-0.39, 0.29) is 11.7 Å². The minimum Gasteiger partial charge on any atom is -0.337 e. The SMILES string of the molecule is CCS(=O)(=O)N(C)c1ccc2sc(C(=O)N(C)Cc3ccccc3)cc2c1. The molecular formula is C20H22N2O3S2. The molecule has 27 heavy (non-hydrogen) atoms. The molecule has 0 saturated carbocycles. The fourth-order valence-corrected chi connectivity index (χ4v) is 4.66. The van der Waals surface area contributed by atoms with E-state index in [9.17, 15) is 13.2 Å². The summed E-state index contributed by atoms with van der Waals surface area (Å²) >= 11 is 1.42. The molecule has 1 amide bonds. The minimum atomic E-state index is -3.32. The van der Waals surface area contributed by atoms with Crippen LogP contribution in [0.1, 0.15) is 22.2 Å². The average Bonchev–Trinajstić information content (AvgIpc) is 3.10. The van der Waals surface area contributed by atoms with Crippen molar-refractivity contribution >= 4 is 43.0 Å². The second-order valence-electron chi connectivity index (χ2n) is 6.35. The van der Waals surface area contributed by atoms with Crippen LogP contribution in [0.3, 0.4) is 0 Å². The monoisotopic (exact) mass is 402 g/mol. The van der Waals surface area contributed by atoms with Crippen LogP contribution in [0.4, 0.5) is 5.69 Å². The maximum atomic E-state index is 12.8. The number of amides is 1.